The molecule has 1 atom stereocenters. The van der Waals surface area contributed by atoms with Gasteiger partial charge in [0.2, 0.25) is 20.0 Å². The molecule has 0 fully saturated rings. The molecule has 0 bridgehead atoms. The highest BCUT2D eigenvalue weighted by Crippen LogP contribution is 2.20. The maximum Gasteiger partial charge on any atom is 0.241 e. The summed E-state index contributed by atoms with van der Waals surface area (Å²) in [6.45, 7) is 1.72. The number of anilines is 1. The molecule has 0 aliphatic carbocycles. The van der Waals surface area contributed by atoms with Gasteiger partial charge in [0.05, 0.1) is 11.2 Å². The summed E-state index contributed by atoms with van der Waals surface area (Å²) in [5.74, 6) is 0. The molecule has 0 saturated carbocycles. The van der Waals surface area contributed by atoms with E-state index in [1.807, 2.05) is 0 Å². The first-order valence-electron chi connectivity index (χ1n) is 6.92. The number of sulfonamides is 2. The van der Waals surface area contributed by atoms with Crippen LogP contribution in [0.2, 0.25) is 5.02 Å². The van der Waals surface area contributed by atoms with Crippen molar-refractivity contribution < 1.29 is 16.8 Å². The summed E-state index contributed by atoms with van der Waals surface area (Å²) in [7, 11) is -7.15. The fraction of sp³-hybridized carbons (Fsp3) is 0.200. The van der Waals surface area contributed by atoms with Crippen LogP contribution in [0.5, 0.6) is 0 Å². The molecule has 2 rings (SSSR count). The third-order valence-corrected chi connectivity index (χ3v) is 5.58. The Kier molecular flexibility index (Phi) is 5.54. The topological polar surface area (TPSA) is 92.3 Å². The van der Waals surface area contributed by atoms with Gasteiger partial charge in [0.15, 0.2) is 0 Å². The highest BCUT2D eigenvalue weighted by molar-refractivity contribution is 7.92. The SMILES string of the molecule is C[C@H](NS(=O)(=O)c1ccc(NS(C)(=O)=O)cc1)c1ccc(Cl)cc1. The first-order chi connectivity index (χ1) is 11.1. The molecular weight excluding hydrogens is 372 g/mol. The number of hydrogen-bond donors (Lipinski definition) is 2. The van der Waals surface area contributed by atoms with Gasteiger partial charge < -0.3 is 0 Å². The summed E-state index contributed by atoms with van der Waals surface area (Å²) in [4.78, 5) is 0.0439. The zero-order chi connectivity index (χ0) is 18.0. The van der Waals surface area contributed by atoms with Crippen LogP contribution in [0, 0.1) is 0 Å². The zero-order valence-electron chi connectivity index (χ0n) is 13.0. The Morgan fingerprint density at radius 1 is 0.917 bits per heavy atom. The molecule has 0 aromatic heterocycles. The number of rotatable bonds is 6. The van der Waals surface area contributed by atoms with Gasteiger partial charge in [0.25, 0.3) is 0 Å². The van der Waals surface area contributed by atoms with E-state index in [4.69, 9.17) is 11.6 Å². The van der Waals surface area contributed by atoms with E-state index in [2.05, 4.69) is 9.44 Å². The summed E-state index contributed by atoms with van der Waals surface area (Å²) in [6.07, 6.45) is 1.02. The lowest BCUT2D eigenvalue weighted by Crippen LogP contribution is -2.26. The third kappa shape index (κ3) is 5.20. The Morgan fingerprint density at radius 3 is 1.96 bits per heavy atom. The molecule has 0 unspecified atom stereocenters. The summed E-state index contributed by atoms with van der Waals surface area (Å²) in [6, 6.07) is 11.9. The lowest BCUT2D eigenvalue weighted by molar-refractivity contribution is 0.567. The maximum atomic E-state index is 12.4. The fourth-order valence-electron chi connectivity index (χ4n) is 2.04. The molecule has 9 heteroatoms. The second kappa shape index (κ2) is 7.10. The van der Waals surface area contributed by atoms with Gasteiger partial charge in [-0.05, 0) is 48.9 Å². The van der Waals surface area contributed by atoms with E-state index in [-0.39, 0.29) is 4.90 Å². The van der Waals surface area contributed by atoms with Crippen molar-refractivity contribution in [2.45, 2.75) is 17.9 Å². The smallest absolute Gasteiger partial charge is 0.241 e. The van der Waals surface area contributed by atoms with Crippen LogP contribution in [0.1, 0.15) is 18.5 Å². The van der Waals surface area contributed by atoms with Crippen LogP contribution in [0.15, 0.2) is 53.4 Å². The lowest BCUT2D eigenvalue weighted by Gasteiger charge is -2.15. The minimum absolute atomic E-state index is 0.0439. The van der Waals surface area contributed by atoms with E-state index in [9.17, 15) is 16.8 Å². The highest BCUT2D eigenvalue weighted by atomic mass is 35.5. The molecule has 2 aromatic rings. The van der Waals surface area contributed by atoms with Crippen molar-refractivity contribution in [1.29, 1.82) is 0 Å². The maximum absolute atomic E-state index is 12.4. The first-order valence-corrected chi connectivity index (χ1v) is 10.7. The van der Waals surface area contributed by atoms with Gasteiger partial charge in [-0.15, -0.1) is 0 Å². The average Bonchev–Trinajstić information content (AvgIpc) is 2.46. The van der Waals surface area contributed by atoms with Crippen molar-refractivity contribution in [1.82, 2.24) is 4.72 Å². The minimum Gasteiger partial charge on any atom is -0.284 e. The number of nitrogens with one attached hydrogen (secondary N) is 2. The monoisotopic (exact) mass is 388 g/mol. The minimum atomic E-state index is -3.74. The van der Waals surface area contributed by atoms with Crippen LogP contribution in [0.4, 0.5) is 5.69 Å². The molecule has 130 valence electrons. The van der Waals surface area contributed by atoms with Crippen molar-refractivity contribution in [2.24, 2.45) is 0 Å². The van der Waals surface area contributed by atoms with Gasteiger partial charge in [-0.25, -0.2) is 21.6 Å². The highest BCUT2D eigenvalue weighted by Gasteiger charge is 2.18. The average molecular weight is 389 g/mol. The molecule has 0 saturated heterocycles. The van der Waals surface area contributed by atoms with Crippen molar-refractivity contribution in [3.05, 3.63) is 59.1 Å². The molecule has 0 heterocycles. The van der Waals surface area contributed by atoms with Crippen LogP contribution in [0.25, 0.3) is 0 Å². The van der Waals surface area contributed by atoms with Gasteiger partial charge in [-0.1, -0.05) is 23.7 Å². The van der Waals surface area contributed by atoms with Gasteiger partial charge in [0.1, 0.15) is 0 Å². The molecule has 2 aromatic carbocycles. The molecule has 2 N–H and O–H groups in total. The Hall–Kier alpha value is -1.61. The molecule has 0 aliphatic heterocycles. The fourth-order valence-corrected chi connectivity index (χ4v) is 3.96. The van der Waals surface area contributed by atoms with Gasteiger partial charge in [-0.3, -0.25) is 4.72 Å². The van der Waals surface area contributed by atoms with Crippen molar-refractivity contribution in [3.63, 3.8) is 0 Å². The van der Waals surface area contributed by atoms with Crippen LogP contribution in [-0.4, -0.2) is 23.1 Å². The van der Waals surface area contributed by atoms with E-state index >= 15 is 0 Å². The molecule has 0 aliphatic rings. The lowest BCUT2D eigenvalue weighted by atomic mass is 10.1. The van der Waals surface area contributed by atoms with Crippen molar-refractivity contribution in [2.75, 3.05) is 11.0 Å². The van der Waals surface area contributed by atoms with Crippen LogP contribution in [-0.2, 0) is 20.0 Å². The Balaban J connectivity index is 2.16. The van der Waals surface area contributed by atoms with Gasteiger partial charge in [-0.2, -0.15) is 0 Å². The van der Waals surface area contributed by atoms with E-state index in [0.717, 1.165) is 11.8 Å². The predicted octanol–water partition coefficient (Wildman–Crippen LogP) is 2.75. The predicted molar refractivity (Wildman–Crippen MR) is 95.1 cm³/mol. The Morgan fingerprint density at radius 2 is 1.46 bits per heavy atom. The Labute approximate surface area is 147 Å². The van der Waals surface area contributed by atoms with Crippen LogP contribution < -0.4 is 9.44 Å². The molecule has 0 radical (unpaired) electrons. The molecule has 0 amide bonds. The second-order valence-corrected chi connectivity index (χ2v) is 9.19. The van der Waals surface area contributed by atoms with Crippen LogP contribution >= 0.6 is 11.6 Å². The summed E-state index contributed by atoms with van der Waals surface area (Å²) >= 11 is 5.82. The van der Waals surface area contributed by atoms with Gasteiger partial charge in [0, 0.05) is 16.8 Å². The van der Waals surface area contributed by atoms with E-state index in [1.54, 1.807) is 31.2 Å². The standard InChI is InChI=1S/C15H17ClN2O4S2/c1-11(12-3-5-13(16)6-4-12)17-24(21,22)15-9-7-14(8-10-15)18-23(2,19)20/h3-11,17-18H,1-2H3/t11-/m0/s1. The van der Waals surface area contributed by atoms with E-state index in [1.165, 1.54) is 24.3 Å². The zero-order valence-corrected chi connectivity index (χ0v) is 15.4. The quantitative estimate of drug-likeness (QED) is 0.795. The van der Waals surface area contributed by atoms with E-state index < -0.39 is 26.1 Å². The van der Waals surface area contributed by atoms with E-state index in [0.29, 0.717) is 10.7 Å². The Bertz CT molecular complexity index is 909. The largest absolute Gasteiger partial charge is 0.284 e. The second-order valence-electron chi connectivity index (χ2n) is 5.29. The molecular formula is C15H17ClN2O4S2. The van der Waals surface area contributed by atoms with Crippen LogP contribution in [0.3, 0.4) is 0 Å². The summed E-state index contributed by atoms with van der Waals surface area (Å²) < 4.78 is 52.0. The number of benzene rings is 2. The summed E-state index contributed by atoms with van der Waals surface area (Å²) in [5, 5.41) is 0.572. The van der Waals surface area contributed by atoms with Crippen molar-refractivity contribution in [3.8, 4) is 0 Å². The molecule has 6 nitrogen and oxygen atoms in total. The van der Waals surface area contributed by atoms with Gasteiger partial charge >= 0.3 is 0 Å². The molecule has 24 heavy (non-hydrogen) atoms. The summed E-state index contributed by atoms with van der Waals surface area (Å²) in [5.41, 5.74) is 1.07. The van der Waals surface area contributed by atoms with Crippen molar-refractivity contribution >= 4 is 37.3 Å². The number of halogens is 1. The normalized spacial score (nSPS) is 13.5. The first kappa shape index (κ1) is 18.7. The molecule has 0 spiro atoms. The number of hydrogen-bond acceptors (Lipinski definition) is 4. The third-order valence-electron chi connectivity index (χ3n) is 3.17.